The maximum absolute atomic E-state index is 11.8. The van der Waals surface area contributed by atoms with E-state index < -0.39 is 18.1 Å². The lowest BCUT2D eigenvalue weighted by atomic mass is 10.0. The van der Waals surface area contributed by atoms with Crippen LogP contribution in [0, 0.1) is 22.7 Å². The van der Waals surface area contributed by atoms with Crippen LogP contribution in [0.1, 0.15) is 48.2 Å². The summed E-state index contributed by atoms with van der Waals surface area (Å²) in [7, 11) is 3.61. The number of esters is 2. The molecule has 0 saturated heterocycles. The first kappa shape index (κ1) is 26.3. The Morgan fingerprint density at radius 1 is 0.906 bits per heavy atom. The second-order valence-electron chi connectivity index (χ2n) is 6.82. The molecular formula is C24H28N4O4. The molecule has 0 heterocycles. The van der Waals surface area contributed by atoms with E-state index in [1.165, 1.54) is 0 Å². The Bertz CT molecular complexity index is 992. The van der Waals surface area contributed by atoms with Gasteiger partial charge >= 0.3 is 11.9 Å². The van der Waals surface area contributed by atoms with Crippen molar-refractivity contribution in [2.75, 3.05) is 27.3 Å². The maximum Gasteiger partial charge on any atom is 0.327 e. The minimum atomic E-state index is -0.821. The first-order chi connectivity index (χ1) is 15.3. The second kappa shape index (κ2) is 13.6. The predicted octanol–water partition coefficient (Wildman–Crippen LogP) is 2.85. The molecule has 8 nitrogen and oxygen atoms in total. The highest BCUT2D eigenvalue weighted by Gasteiger charge is 2.24. The lowest BCUT2D eigenvalue weighted by molar-refractivity contribution is -0.149. The number of carbonyl (C=O) groups is 2. The Kier molecular flexibility index (Phi) is 11.1. The number of rotatable bonds is 7. The zero-order chi connectivity index (χ0) is 24.1. The average Bonchev–Trinajstić information content (AvgIpc) is 2.79. The fourth-order valence-corrected chi connectivity index (χ4v) is 2.81. The Hall–Kier alpha value is -3.72. The van der Waals surface area contributed by atoms with Crippen molar-refractivity contribution in [3.05, 3.63) is 70.8 Å². The van der Waals surface area contributed by atoms with Gasteiger partial charge in [0.25, 0.3) is 0 Å². The third kappa shape index (κ3) is 7.84. The third-order valence-corrected chi connectivity index (χ3v) is 4.27. The van der Waals surface area contributed by atoms with E-state index in [0.29, 0.717) is 29.9 Å². The first-order valence-corrected chi connectivity index (χ1v) is 10.0. The van der Waals surface area contributed by atoms with Gasteiger partial charge in [0.2, 0.25) is 0 Å². The lowest BCUT2D eigenvalue weighted by Gasteiger charge is -2.22. The molecule has 0 fully saturated rings. The number of likely N-dealkylation sites (N-methyl/N-ethyl adjacent to an activating group) is 1. The summed E-state index contributed by atoms with van der Waals surface area (Å²) >= 11 is 0. The van der Waals surface area contributed by atoms with E-state index in [-0.39, 0.29) is 5.97 Å². The van der Waals surface area contributed by atoms with E-state index in [1.807, 2.05) is 12.1 Å². The van der Waals surface area contributed by atoms with Crippen LogP contribution in [0.5, 0.6) is 0 Å². The summed E-state index contributed by atoms with van der Waals surface area (Å²) < 4.78 is 9.81. The standard InChI is InChI=1S/C13H16N2O2.C11H12N2O2/c1-4-17-13(16)12(15(2)3)11-7-5-6-10(8-11)9-14;1-2-15-11(14)10(13)9-5-3-4-8(6-9)7-12/h5-8,12H,4H2,1-3H3;3-6,10H,2,13H2,1H3/t12-;10-/m00/s1. The topological polar surface area (TPSA) is 129 Å². The van der Waals surface area contributed by atoms with Gasteiger partial charge in [-0.3, -0.25) is 4.90 Å². The van der Waals surface area contributed by atoms with Crippen LogP contribution in [0.2, 0.25) is 0 Å². The highest BCUT2D eigenvalue weighted by Crippen LogP contribution is 2.20. The van der Waals surface area contributed by atoms with Gasteiger partial charge in [0, 0.05) is 0 Å². The molecule has 0 spiro atoms. The summed E-state index contributed by atoms with van der Waals surface area (Å²) in [4.78, 5) is 24.9. The van der Waals surface area contributed by atoms with Crippen LogP contribution in [-0.2, 0) is 19.1 Å². The van der Waals surface area contributed by atoms with Gasteiger partial charge in [-0.15, -0.1) is 0 Å². The van der Waals surface area contributed by atoms with Crippen LogP contribution >= 0.6 is 0 Å². The summed E-state index contributed by atoms with van der Waals surface area (Å²) in [6, 6.07) is 16.4. The van der Waals surface area contributed by atoms with E-state index in [9.17, 15) is 9.59 Å². The molecule has 0 aliphatic rings. The molecule has 2 aromatic rings. The monoisotopic (exact) mass is 436 g/mol. The zero-order valence-electron chi connectivity index (χ0n) is 18.7. The van der Waals surface area contributed by atoms with Crippen molar-refractivity contribution in [3.8, 4) is 12.1 Å². The van der Waals surface area contributed by atoms with Crippen LogP contribution in [-0.4, -0.2) is 44.1 Å². The van der Waals surface area contributed by atoms with Gasteiger partial charge in [-0.2, -0.15) is 10.5 Å². The average molecular weight is 437 g/mol. The van der Waals surface area contributed by atoms with Crippen LogP contribution in [0.15, 0.2) is 48.5 Å². The molecule has 2 aromatic carbocycles. The smallest absolute Gasteiger partial charge is 0.327 e. The van der Waals surface area contributed by atoms with Crippen molar-refractivity contribution in [1.29, 1.82) is 10.5 Å². The Balaban J connectivity index is 0.000000323. The number of benzene rings is 2. The number of nitriles is 2. The summed E-state index contributed by atoms with van der Waals surface area (Å²) in [5, 5.41) is 17.5. The number of nitrogens with zero attached hydrogens (tertiary/aromatic N) is 3. The zero-order valence-corrected chi connectivity index (χ0v) is 18.7. The molecule has 2 rings (SSSR count). The van der Waals surface area contributed by atoms with E-state index in [1.54, 1.807) is 75.3 Å². The van der Waals surface area contributed by atoms with E-state index >= 15 is 0 Å². The molecule has 0 amide bonds. The molecule has 32 heavy (non-hydrogen) atoms. The molecule has 0 aliphatic heterocycles. The van der Waals surface area contributed by atoms with Crippen LogP contribution in [0.25, 0.3) is 0 Å². The van der Waals surface area contributed by atoms with E-state index in [0.717, 1.165) is 5.56 Å². The van der Waals surface area contributed by atoms with Gasteiger partial charge in [0.15, 0.2) is 0 Å². The summed E-state index contributed by atoms with van der Waals surface area (Å²) in [5.74, 6) is -0.778. The van der Waals surface area contributed by atoms with Crippen LogP contribution in [0.3, 0.4) is 0 Å². The number of carbonyl (C=O) groups excluding carboxylic acids is 2. The fourth-order valence-electron chi connectivity index (χ4n) is 2.81. The SMILES string of the molecule is CCOC(=O)[C@@H](N)c1cccc(C#N)c1.CCOC(=O)[C@H](c1cccc(C#N)c1)N(C)C. The van der Waals surface area contributed by atoms with Crippen molar-refractivity contribution in [3.63, 3.8) is 0 Å². The normalized spacial score (nSPS) is 11.8. The summed E-state index contributed by atoms with van der Waals surface area (Å²) in [5.41, 5.74) is 8.04. The fraction of sp³-hybridized carbons (Fsp3) is 0.333. The van der Waals surface area contributed by atoms with Gasteiger partial charge in [-0.25, -0.2) is 9.59 Å². The number of nitrogens with two attached hydrogens (primary N) is 1. The van der Waals surface area contributed by atoms with Crippen molar-refractivity contribution in [2.24, 2.45) is 5.73 Å². The van der Waals surface area contributed by atoms with Crippen molar-refractivity contribution in [1.82, 2.24) is 4.90 Å². The van der Waals surface area contributed by atoms with Gasteiger partial charge in [-0.1, -0.05) is 24.3 Å². The third-order valence-electron chi connectivity index (χ3n) is 4.27. The molecule has 2 atom stereocenters. The Morgan fingerprint density at radius 3 is 1.84 bits per heavy atom. The van der Waals surface area contributed by atoms with Crippen LogP contribution < -0.4 is 5.73 Å². The number of hydrogen-bond acceptors (Lipinski definition) is 8. The quantitative estimate of drug-likeness (QED) is 0.656. The van der Waals surface area contributed by atoms with Gasteiger partial charge in [-0.05, 0) is 63.3 Å². The summed E-state index contributed by atoms with van der Waals surface area (Å²) in [6.07, 6.45) is 0. The number of ether oxygens (including phenoxy) is 2. The molecule has 0 saturated carbocycles. The Morgan fingerprint density at radius 2 is 1.38 bits per heavy atom. The predicted molar refractivity (Wildman–Crippen MR) is 119 cm³/mol. The van der Waals surface area contributed by atoms with Gasteiger partial charge in [0.1, 0.15) is 12.1 Å². The number of hydrogen-bond donors (Lipinski definition) is 1. The van der Waals surface area contributed by atoms with E-state index in [2.05, 4.69) is 6.07 Å². The molecule has 0 aromatic heterocycles. The minimum absolute atomic E-state index is 0.296. The molecule has 0 aliphatic carbocycles. The molecule has 0 bridgehead atoms. The second-order valence-corrected chi connectivity index (χ2v) is 6.82. The molecule has 0 radical (unpaired) electrons. The largest absolute Gasteiger partial charge is 0.465 e. The Labute approximate surface area is 188 Å². The van der Waals surface area contributed by atoms with Gasteiger partial charge < -0.3 is 15.2 Å². The van der Waals surface area contributed by atoms with Crippen molar-refractivity contribution >= 4 is 11.9 Å². The van der Waals surface area contributed by atoms with Crippen molar-refractivity contribution < 1.29 is 19.1 Å². The molecule has 2 N–H and O–H groups in total. The molecule has 168 valence electrons. The first-order valence-electron chi connectivity index (χ1n) is 10.0. The van der Waals surface area contributed by atoms with Crippen LogP contribution in [0.4, 0.5) is 0 Å². The van der Waals surface area contributed by atoms with Gasteiger partial charge in [0.05, 0.1) is 36.5 Å². The van der Waals surface area contributed by atoms with E-state index in [4.69, 9.17) is 25.7 Å². The minimum Gasteiger partial charge on any atom is -0.465 e. The molecular weight excluding hydrogens is 408 g/mol. The summed E-state index contributed by atoms with van der Waals surface area (Å²) in [6.45, 7) is 4.14. The van der Waals surface area contributed by atoms with Crippen molar-refractivity contribution in [2.45, 2.75) is 25.9 Å². The maximum atomic E-state index is 11.8. The molecule has 8 heteroatoms. The highest BCUT2D eigenvalue weighted by atomic mass is 16.5. The highest BCUT2D eigenvalue weighted by molar-refractivity contribution is 5.78. The molecule has 0 unspecified atom stereocenters. The lowest BCUT2D eigenvalue weighted by Crippen LogP contribution is -2.29.